The van der Waals surface area contributed by atoms with E-state index in [0.29, 0.717) is 5.25 Å². The molecule has 13 heavy (non-hydrogen) atoms. The molecule has 0 amide bonds. The second kappa shape index (κ2) is 5.04. The Morgan fingerprint density at radius 1 is 1.00 bits per heavy atom. The Morgan fingerprint density at radius 3 is 2.15 bits per heavy atom. The molecule has 0 aromatic carbocycles. The van der Waals surface area contributed by atoms with Crippen LogP contribution in [0.15, 0.2) is 0 Å². The van der Waals surface area contributed by atoms with Gasteiger partial charge in [-0.1, -0.05) is 40.0 Å². The van der Waals surface area contributed by atoms with Gasteiger partial charge in [-0.05, 0) is 17.8 Å². The maximum absolute atomic E-state index is 5.23. The number of hydrogen-bond acceptors (Lipinski definition) is 3. The first-order chi connectivity index (χ1) is 6.02. The van der Waals surface area contributed by atoms with E-state index in [0.717, 1.165) is 17.8 Å². The molecule has 0 heterocycles. The second-order valence-electron chi connectivity index (χ2n) is 4.51. The fourth-order valence-electron chi connectivity index (χ4n) is 2.19. The number of hydrogen-bond donors (Lipinski definition) is 0. The van der Waals surface area contributed by atoms with Crippen molar-refractivity contribution in [3.05, 3.63) is 0 Å². The highest BCUT2D eigenvalue weighted by atomic mass is 33.1. The molecule has 0 aromatic rings. The van der Waals surface area contributed by atoms with Crippen LogP contribution < -0.4 is 0 Å². The quantitative estimate of drug-likeness (QED) is 0.506. The molecule has 1 saturated carbocycles. The van der Waals surface area contributed by atoms with Crippen molar-refractivity contribution >= 4 is 30.4 Å². The third kappa shape index (κ3) is 3.14. The van der Waals surface area contributed by atoms with Crippen LogP contribution in [0, 0.1) is 17.8 Å². The molecule has 0 radical (unpaired) electrons. The average molecular weight is 235 g/mol. The summed E-state index contributed by atoms with van der Waals surface area (Å²) in [6, 6.07) is 0. The molecule has 0 saturated heterocycles. The Kier molecular flexibility index (Phi) is 4.59. The van der Waals surface area contributed by atoms with Crippen LogP contribution in [0.4, 0.5) is 0 Å². The van der Waals surface area contributed by atoms with E-state index in [-0.39, 0.29) is 8.01 Å². The summed E-state index contributed by atoms with van der Waals surface area (Å²) in [4.78, 5) is 0. The Hall–Kier alpha value is 0.790. The average Bonchev–Trinajstić information content (AvgIpc) is 2.19. The van der Waals surface area contributed by atoms with E-state index >= 15 is 0 Å². The van der Waals surface area contributed by atoms with Crippen molar-refractivity contribution in [2.45, 2.75) is 45.3 Å². The third-order valence-corrected chi connectivity index (χ3v) is 6.25. The van der Waals surface area contributed by atoms with Crippen molar-refractivity contribution in [2.24, 2.45) is 17.8 Å². The third-order valence-electron chi connectivity index (χ3n) is 3.65. The minimum absolute atomic E-state index is 0.197. The maximum Gasteiger partial charge on any atom is -0.0392 e. The lowest BCUT2D eigenvalue weighted by atomic mass is 9.84. The molecule has 0 spiro atoms. The van der Waals surface area contributed by atoms with Gasteiger partial charge in [0.2, 0.25) is 0 Å². The smallest absolute Gasteiger partial charge is 0.0392 e. The fraction of sp³-hybridized carbons (Fsp3) is 1.00. The molecule has 0 N–H and O–H groups in total. The van der Waals surface area contributed by atoms with Gasteiger partial charge in [0.25, 0.3) is 0 Å². The van der Waals surface area contributed by atoms with E-state index < -0.39 is 0 Å². The normalized spacial score (nSPS) is 41.8. The first kappa shape index (κ1) is 11.9. The predicted molar refractivity (Wildman–Crippen MR) is 67.2 cm³/mol. The van der Waals surface area contributed by atoms with Crippen LogP contribution in [0.2, 0.25) is 0 Å². The predicted octanol–water partition coefficient (Wildman–Crippen LogP) is 2.99. The van der Waals surface area contributed by atoms with Crippen LogP contribution in [0.3, 0.4) is 0 Å². The lowest BCUT2D eigenvalue weighted by molar-refractivity contribution is 0.284. The summed E-state index contributed by atoms with van der Waals surface area (Å²) in [5, 5.41) is 0.646. The van der Waals surface area contributed by atoms with E-state index in [4.69, 9.17) is 22.4 Å². The van der Waals surface area contributed by atoms with Gasteiger partial charge in [-0.15, -0.1) is 5.25 Å². The second-order valence-corrected chi connectivity index (χ2v) is 8.48. The van der Waals surface area contributed by atoms with E-state index in [1.54, 1.807) is 0 Å². The molecule has 4 unspecified atom stereocenters. The van der Waals surface area contributed by atoms with Crippen molar-refractivity contribution in [3.63, 3.8) is 0 Å². The summed E-state index contributed by atoms with van der Waals surface area (Å²) in [6.07, 6.45) is 3.86. The highest BCUT2D eigenvalue weighted by Gasteiger charge is 2.23. The van der Waals surface area contributed by atoms with E-state index in [1.165, 1.54) is 19.3 Å². The molecule has 78 valence electrons. The number of rotatable bonds is 1. The molecule has 0 bridgehead atoms. The molecule has 1 aliphatic rings. The molecular weight excluding hydrogens is 216 g/mol. The zero-order valence-electron chi connectivity index (χ0n) is 8.66. The van der Waals surface area contributed by atoms with Gasteiger partial charge in [-0.25, -0.2) is 0 Å². The van der Waals surface area contributed by atoms with Gasteiger partial charge in [0.15, 0.2) is 0 Å². The van der Waals surface area contributed by atoms with E-state index in [1.807, 2.05) is 0 Å². The van der Waals surface area contributed by atoms with Crippen molar-refractivity contribution in [1.29, 1.82) is 0 Å². The van der Waals surface area contributed by atoms with Gasteiger partial charge in [-0.3, -0.25) is 22.4 Å². The Labute approximate surface area is 93.3 Å². The van der Waals surface area contributed by atoms with Gasteiger partial charge in [0.1, 0.15) is 0 Å². The highest BCUT2D eigenvalue weighted by Crippen LogP contribution is 2.33. The molecular formula is C10H19S3-. The first-order valence-corrected chi connectivity index (χ1v) is 8.24. The van der Waals surface area contributed by atoms with Crippen LogP contribution in [-0.4, -0.2) is 5.25 Å². The summed E-state index contributed by atoms with van der Waals surface area (Å²) in [6.45, 7) is 7.11. The van der Waals surface area contributed by atoms with Gasteiger partial charge in [-0.2, -0.15) is 0 Å². The topological polar surface area (TPSA) is 0 Å². The Morgan fingerprint density at radius 2 is 1.62 bits per heavy atom. The molecule has 0 nitrogen and oxygen atoms in total. The largest absolute Gasteiger partial charge is 0.344 e. The van der Waals surface area contributed by atoms with Crippen LogP contribution in [0.1, 0.15) is 40.0 Å². The molecule has 1 aliphatic carbocycles. The highest BCUT2D eigenvalue weighted by molar-refractivity contribution is 8.46. The lowest BCUT2D eigenvalue weighted by Crippen LogP contribution is -2.16. The molecule has 0 aliphatic heterocycles. The minimum atomic E-state index is -0.197. The maximum atomic E-state index is 5.23. The van der Waals surface area contributed by atoms with Crippen molar-refractivity contribution in [2.75, 3.05) is 0 Å². The minimum Gasteiger partial charge on any atom is -0.344 e. The summed E-state index contributed by atoms with van der Waals surface area (Å²) in [5.41, 5.74) is 0. The van der Waals surface area contributed by atoms with Crippen molar-refractivity contribution in [1.82, 2.24) is 0 Å². The van der Waals surface area contributed by atoms with Crippen molar-refractivity contribution in [3.8, 4) is 0 Å². The lowest BCUT2D eigenvalue weighted by Gasteiger charge is -2.24. The summed E-state index contributed by atoms with van der Waals surface area (Å²) < 4.78 is 0. The summed E-state index contributed by atoms with van der Waals surface area (Å²) >= 11 is 10.5. The standard InChI is InChI=1S/C10H19S3/c1-7-4-5-10(13(11)12)6-8(2)9(7)3/h7-10H,4-6H2,1-3H3/q-1. The van der Waals surface area contributed by atoms with Crippen LogP contribution >= 0.6 is 0 Å². The molecule has 1 rings (SSSR count). The fourth-order valence-corrected chi connectivity index (χ4v) is 4.03. The van der Waals surface area contributed by atoms with Gasteiger partial charge in [0, 0.05) is 0 Å². The van der Waals surface area contributed by atoms with Crippen molar-refractivity contribution < 1.29 is 0 Å². The van der Waals surface area contributed by atoms with Gasteiger partial charge >= 0.3 is 0 Å². The zero-order valence-corrected chi connectivity index (χ0v) is 11.1. The molecule has 1 fully saturated rings. The molecule has 3 heteroatoms. The first-order valence-electron chi connectivity index (χ1n) is 5.10. The van der Waals surface area contributed by atoms with Gasteiger partial charge < -0.3 is 8.01 Å². The summed E-state index contributed by atoms with van der Waals surface area (Å²) in [7, 11) is -0.197. The SMILES string of the molecule is CC1CCC([S-](=S)=S)CC(C)C1C. The molecule has 0 aromatic heterocycles. The van der Waals surface area contributed by atoms with Crippen LogP contribution in [0.25, 0.3) is 0 Å². The Bertz CT molecular complexity index is 224. The van der Waals surface area contributed by atoms with Crippen LogP contribution in [-0.2, 0) is 30.4 Å². The summed E-state index contributed by atoms with van der Waals surface area (Å²) in [5.74, 6) is 2.51. The monoisotopic (exact) mass is 235 g/mol. The van der Waals surface area contributed by atoms with E-state index in [9.17, 15) is 0 Å². The van der Waals surface area contributed by atoms with Gasteiger partial charge in [0.05, 0.1) is 0 Å². The van der Waals surface area contributed by atoms with E-state index in [2.05, 4.69) is 20.8 Å². The van der Waals surface area contributed by atoms with Crippen LogP contribution in [0.5, 0.6) is 0 Å². The zero-order chi connectivity index (χ0) is 10.0. The molecule has 4 atom stereocenters. The Balaban J connectivity index is 2.69.